The van der Waals surface area contributed by atoms with E-state index >= 15 is 0 Å². The normalized spacial score (nSPS) is 21.7. The third kappa shape index (κ3) is 2.85. The van der Waals surface area contributed by atoms with Crippen LogP contribution < -0.4 is 5.73 Å². The van der Waals surface area contributed by atoms with Gasteiger partial charge in [-0.1, -0.05) is 23.9 Å². The largest absolute Gasteiger partial charge is 0.463 e. The third-order valence-electron chi connectivity index (χ3n) is 4.45. The fourth-order valence-corrected chi connectivity index (χ4v) is 6.37. The van der Waals surface area contributed by atoms with Crippen LogP contribution in [0.2, 0.25) is 0 Å². The van der Waals surface area contributed by atoms with Crippen LogP contribution in [0, 0.1) is 11.3 Å². The van der Waals surface area contributed by atoms with Crippen LogP contribution >= 0.6 is 34.4 Å². The maximum absolute atomic E-state index is 13.1. The summed E-state index contributed by atoms with van der Waals surface area (Å²) in [6.45, 7) is 1.92. The van der Waals surface area contributed by atoms with Crippen LogP contribution in [-0.2, 0) is 14.3 Å². The Labute approximate surface area is 173 Å². The Balaban J connectivity index is 1.93. The maximum atomic E-state index is 13.1. The van der Waals surface area contributed by atoms with Crippen LogP contribution in [-0.4, -0.2) is 23.4 Å². The predicted octanol–water partition coefficient (Wildman–Crippen LogP) is 3.69. The Kier molecular flexibility index (Phi) is 5.02. The van der Waals surface area contributed by atoms with Gasteiger partial charge in [0.1, 0.15) is 11.1 Å². The number of nitriles is 1. The molecule has 0 spiro atoms. The van der Waals surface area contributed by atoms with Gasteiger partial charge in [-0.05, 0) is 29.8 Å². The summed E-state index contributed by atoms with van der Waals surface area (Å²) in [5.74, 6) is -1.34. The minimum Gasteiger partial charge on any atom is -0.463 e. The molecule has 0 bridgehead atoms. The van der Waals surface area contributed by atoms with Gasteiger partial charge >= 0.3 is 5.97 Å². The van der Waals surface area contributed by atoms with Crippen LogP contribution in [0.25, 0.3) is 0 Å². The highest BCUT2D eigenvalue weighted by Crippen LogP contribution is 2.54. The van der Waals surface area contributed by atoms with Crippen molar-refractivity contribution in [2.75, 3.05) is 6.61 Å². The van der Waals surface area contributed by atoms with Crippen molar-refractivity contribution in [1.82, 2.24) is 4.90 Å². The number of rotatable bonds is 4. The van der Waals surface area contributed by atoms with Crippen molar-refractivity contribution >= 4 is 46.3 Å². The summed E-state index contributed by atoms with van der Waals surface area (Å²) in [4.78, 5) is 29.0. The molecule has 142 valence electrons. The van der Waals surface area contributed by atoms with Crippen LogP contribution in [0.4, 0.5) is 0 Å². The van der Waals surface area contributed by atoms with Gasteiger partial charge in [-0.15, -0.1) is 22.7 Å². The van der Waals surface area contributed by atoms with Crippen molar-refractivity contribution in [3.8, 4) is 6.07 Å². The van der Waals surface area contributed by atoms with Crippen molar-refractivity contribution in [2.45, 2.75) is 18.1 Å². The average Bonchev–Trinajstić information content (AvgIpc) is 3.43. The molecular formula is C19H15N3O3S3. The second-order valence-corrected chi connectivity index (χ2v) is 9.04. The Hall–Kier alpha value is -2.54. The average molecular weight is 430 g/mol. The molecule has 2 aliphatic rings. The van der Waals surface area contributed by atoms with Crippen molar-refractivity contribution in [1.29, 1.82) is 5.26 Å². The quantitative estimate of drug-likeness (QED) is 0.745. The van der Waals surface area contributed by atoms with Crippen LogP contribution in [0.15, 0.2) is 57.0 Å². The first-order valence-corrected chi connectivity index (χ1v) is 11.1. The van der Waals surface area contributed by atoms with Crippen LogP contribution in [0.5, 0.6) is 0 Å². The molecule has 4 rings (SSSR count). The van der Waals surface area contributed by atoms with Crippen molar-refractivity contribution in [3.05, 3.63) is 66.8 Å². The molecule has 1 saturated heterocycles. The minimum absolute atomic E-state index is 0.0838. The lowest BCUT2D eigenvalue weighted by Crippen LogP contribution is -2.37. The molecule has 4 heterocycles. The molecule has 9 heteroatoms. The molecule has 1 amide bonds. The number of nitrogens with two attached hydrogens (primary N) is 1. The molecule has 0 aliphatic carbocycles. The first-order valence-electron chi connectivity index (χ1n) is 8.46. The number of nitrogens with zero attached hydrogens (tertiary/aromatic N) is 2. The fourth-order valence-electron chi connectivity index (χ4n) is 3.28. The molecule has 2 N–H and O–H groups in total. The first-order chi connectivity index (χ1) is 13.6. The number of ether oxygens (including phenoxy) is 1. The van der Waals surface area contributed by atoms with E-state index in [0.29, 0.717) is 10.6 Å². The van der Waals surface area contributed by atoms with Gasteiger partial charge in [0.15, 0.2) is 0 Å². The molecule has 1 fully saturated rings. The number of allylic oxidation sites excluding steroid dienone is 1. The van der Waals surface area contributed by atoms with Gasteiger partial charge in [0, 0.05) is 9.75 Å². The highest BCUT2D eigenvalue weighted by Gasteiger charge is 2.49. The van der Waals surface area contributed by atoms with E-state index in [9.17, 15) is 14.9 Å². The van der Waals surface area contributed by atoms with E-state index in [0.717, 1.165) is 9.75 Å². The lowest BCUT2D eigenvalue weighted by Gasteiger charge is -2.30. The smallest absolute Gasteiger partial charge is 0.337 e. The highest BCUT2D eigenvalue weighted by molar-refractivity contribution is 8.04. The molecular weight excluding hydrogens is 414 g/mol. The molecule has 2 aliphatic heterocycles. The zero-order valence-electron chi connectivity index (χ0n) is 14.7. The number of fused-ring (bicyclic) bond motifs is 1. The summed E-state index contributed by atoms with van der Waals surface area (Å²) in [6.07, 6.45) is 0. The van der Waals surface area contributed by atoms with Gasteiger partial charge in [0.2, 0.25) is 0 Å². The number of esters is 1. The van der Waals surface area contributed by atoms with Gasteiger partial charge < -0.3 is 10.5 Å². The molecule has 0 radical (unpaired) electrons. The van der Waals surface area contributed by atoms with Gasteiger partial charge in [-0.2, -0.15) is 5.26 Å². The Morgan fingerprint density at radius 3 is 2.54 bits per heavy atom. The Bertz CT molecular complexity index is 1030. The Morgan fingerprint density at radius 2 is 1.96 bits per heavy atom. The van der Waals surface area contributed by atoms with Crippen molar-refractivity contribution < 1.29 is 14.3 Å². The molecule has 2 aromatic heterocycles. The number of carbonyl (C=O) groups is 2. The number of carbonyl (C=O) groups excluding carboxylic acids is 2. The lowest BCUT2D eigenvalue weighted by molar-refractivity contribution is -0.138. The maximum Gasteiger partial charge on any atom is 0.337 e. The molecule has 6 nitrogen and oxygen atoms in total. The van der Waals surface area contributed by atoms with E-state index in [1.165, 1.54) is 39.3 Å². The van der Waals surface area contributed by atoms with Crippen molar-refractivity contribution in [2.24, 2.45) is 5.73 Å². The second kappa shape index (κ2) is 7.47. The molecule has 0 unspecified atom stereocenters. The second-order valence-electron chi connectivity index (χ2n) is 5.99. The van der Waals surface area contributed by atoms with E-state index in [-0.39, 0.29) is 23.9 Å². The molecule has 0 saturated carbocycles. The molecule has 2 atom stereocenters. The number of thiophene rings is 2. The summed E-state index contributed by atoms with van der Waals surface area (Å²) in [6, 6.07) is 9.58. The minimum atomic E-state index is -0.641. The summed E-state index contributed by atoms with van der Waals surface area (Å²) in [5.41, 5.74) is 6.77. The predicted molar refractivity (Wildman–Crippen MR) is 109 cm³/mol. The fraction of sp³-hybridized carbons (Fsp3) is 0.211. The van der Waals surface area contributed by atoms with E-state index in [1.54, 1.807) is 6.92 Å². The Morgan fingerprint density at radius 1 is 1.29 bits per heavy atom. The molecule has 2 aromatic rings. The zero-order chi connectivity index (χ0) is 19.8. The van der Waals surface area contributed by atoms with Crippen LogP contribution in [0.3, 0.4) is 0 Å². The summed E-state index contributed by atoms with van der Waals surface area (Å²) >= 11 is 4.19. The zero-order valence-corrected chi connectivity index (χ0v) is 17.2. The van der Waals surface area contributed by atoms with Gasteiger partial charge in [0.05, 0.1) is 34.8 Å². The standard InChI is InChI=1S/C19H15N3O3S3/c1-2-25-19(24)14-13(11-5-3-7-26-11)10(9-20)16(21)22-17(23)15(28-18(14)22)12-6-4-8-27-12/h3-8,13,15H,2,21H2,1H3/t13-,15+/m0/s1. The SMILES string of the molecule is CCOC(=O)C1=C2S[C@H](c3cccs3)C(=O)N2C(N)=C(C#N)[C@H]1c1cccs1. The monoisotopic (exact) mass is 429 g/mol. The van der Waals surface area contributed by atoms with E-state index in [2.05, 4.69) is 6.07 Å². The van der Waals surface area contributed by atoms with Gasteiger partial charge in [-0.25, -0.2) is 4.79 Å². The molecule has 28 heavy (non-hydrogen) atoms. The summed E-state index contributed by atoms with van der Waals surface area (Å²) in [7, 11) is 0. The summed E-state index contributed by atoms with van der Waals surface area (Å²) in [5, 5.41) is 13.5. The topological polar surface area (TPSA) is 96.4 Å². The third-order valence-corrected chi connectivity index (χ3v) is 7.79. The van der Waals surface area contributed by atoms with Crippen LogP contribution in [0.1, 0.15) is 27.8 Å². The summed E-state index contributed by atoms with van der Waals surface area (Å²) < 4.78 is 5.29. The number of hydrogen-bond acceptors (Lipinski definition) is 8. The molecule has 0 aromatic carbocycles. The highest BCUT2D eigenvalue weighted by atomic mass is 32.2. The van der Waals surface area contributed by atoms with Gasteiger partial charge in [-0.3, -0.25) is 9.69 Å². The lowest BCUT2D eigenvalue weighted by atomic mass is 9.87. The van der Waals surface area contributed by atoms with Crippen molar-refractivity contribution in [3.63, 3.8) is 0 Å². The van der Waals surface area contributed by atoms with Gasteiger partial charge in [0.25, 0.3) is 5.91 Å². The van der Waals surface area contributed by atoms with E-state index < -0.39 is 17.1 Å². The first kappa shape index (κ1) is 18.8. The van der Waals surface area contributed by atoms with E-state index in [1.807, 2.05) is 35.0 Å². The number of hydrogen-bond donors (Lipinski definition) is 1. The number of thioether (sulfide) groups is 1. The van der Waals surface area contributed by atoms with E-state index in [4.69, 9.17) is 10.5 Å². The number of amides is 1.